The Hall–Kier alpha value is -2.89. The van der Waals surface area contributed by atoms with Crippen molar-refractivity contribution in [1.82, 2.24) is 4.57 Å². The van der Waals surface area contributed by atoms with Gasteiger partial charge in [-0.25, -0.2) is 0 Å². The first kappa shape index (κ1) is 30.3. The van der Waals surface area contributed by atoms with Crippen LogP contribution in [0.4, 0.5) is 0 Å². The molecule has 6 heteroatoms. The number of carbonyl (C=O) groups is 3. The molecular formula is C31H45NO5. The molecule has 0 aliphatic carbocycles. The van der Waals surface area contributed by atoms with Crippen molar-refractivity contribution in [3.8, 4) is 5.75 Å². The van der Waals surface area contributed by atoms with E-state index in [1.54, 1.807) is 30.8 Å². The average Bonchev–Trinajstić information content (AvgIpc) is 3.27. The van der Waals surface area contributed by atoms with Gasteiger partial charge in [0.05, 0.1) is 13.2 Å². The van der Waals surface area contributed by atoms with Crippen LogP contribution in [0.5, 0.6) is 5.75 Å². The summed E-state index contributed by atoms with van der Waals surface area (Å²) in [5.41, 5.74) is 2.60. The molecule has 0 aliphatic heterocycles. The highest BCUT2D eigenvalue weighted by molar-refractivity contribution is 5.99. The number of ether oxygens (including phenoxy) is 2. The van der Waals surface area contributed by atoms with Crippen LogP contribution in [0.25, 0.3) is 0 Å². The van der Waals surface area contributed by atoms with Gasteiger partial charge in [0.2, 0.25) is 0 Å². The quantitative estimate of drug-likeness (QED) is 0.126. The smallest absolute Gasteiger partial charge is 0.306 e. The molecule has 0 saturated carbocycles. The van der Waals surface area contributed by atoms with Gasteiger partial charge in [0, 0.05) is 30.3 Å². The molecule has 0 aliphatic rings. The Morgan fingerprint density at radius 1 is 0.865 bits per heavy atom. The summed E-state index contributed by atoms with van der Waals surface area (Å²) in [6, 6.07) is 8.01. The van der Waals surface area contributed by atoms with Crippen molar-refractivity contribution in [2.24, 2.45) is 5.92 Å². The number of aromatic nitrogens is 1. The zero-order valence-corrected chi connectivity index (χ0v) is 23.4. The van der Waals surface area contributed by atoms with Crippen LogP contribution >= 0.6 is 0 Å². The van der Waals surface area contributed by atoms with Gasteiger partial charge < -0.3 is 14.0 Å². The minimum atomic E-state index is -0.626. The van der Waals surface area contributed by atoms with Gasteiger partial charge in [-0.3, -0.25) is 14.4 Å². The van der Waals surface area contributed by atoms with E-state index in [4.69, 9.17) is 9.47 Å². The molecule has 0 spiro atoms. The van der Waals surface area contributed by atoms with E-state index in [0.717, 1.165) is 12.0 Å². The summed E-state index contributed by atoms with van der Waals surface area (Å²) < 4.78 is 12.6. The lowest BCUT2D eigenvalue weighted by molar-refractivity contribution is -0.143. The molecular weight excluding hydrogens is 466 g/mol. The third-order valence-electron chi connectivity index (χ3n) is 6.50. The second-order valence-electron chi connectivity index (χ2n) is 10.1. The predicted molar refractivity (Wildman–Crippen MR) is 147 cm³/mol. The van der Waals surface area contributed by atoms with Crippen LogP contribution in [-0.4, -0.2) is 34.8 Å². The first-order chi connectivity index (χ1) is 17.7. The largest absolute Gasteiger partial charge is 0.483 e. The van der Waals surface area contributed by atoms with Crippen LogP contribution < -0.4 is 4.74 Å². The lowest BCUT2D eigenvalue weighted by Gasteiger charge is -2.14. The Labute approximate surface area is 222 Å². The van der Waals surface area contributed by atoms with Crippen LogP contribution in [-0.2, 0) is 33.7 Å². The number of esters is 1. The molecule has 2 rings (SSSR count). The number of rotatable bonds is 18. The second-order valence-corrected chi connectivity index (χ2v) is 10.1. The van der Waals surface area contributed by atoms with Gasteiger partial charge in [-0.1, -0.05) is 65.0 Å². The molecule has 1 aromatic heterocycles. The van der Waals surface area contributed by atoms with E-state index in [0.29, 0.717) is 24.3 Å². The van der Waals surface area contributed by atoms with Crippen molar-refractivity contribution < 1.29 is 23.9 Å². The van der Waals surface area contributed by atoms with Gasteiger partial charge in [-0.05, 0) is 56.4 Å². The van der Waals surface area contributed by atoms with E-state index < -0.39 is 6.10 Å². The van der Waals surface area contributed by atoms with E-state index in [1.165, 1.54) is 44.1 Å². The molecule has 6 nitrogen and oxygen atoms in total. The van der Waals surface area contributed by atoms with Gasteiger partial charge in [-0.2, -0.15) is 0 Å². The molecule has 1 aromatic carbocycles. The number of nitrogens with zero attached hydrogens (tertiary/aromatic N) is 1. The van der Waals surface area contributed by atoms with Gasteiger partial charge >= 0.3 is 5.97 Å². The molecule has 2 aromatic rings. The standard InChI is InChI=1S/C31H45NO5/c1-6-8-9-10-11-12-13-25-14-17-27(18-15-25)37-24(5)29(33)22-32-20-26(16-19-30(34)36-7-2)28(21-32)31(35)23(3)4/h14-15,17-18,20-21,23-24H,6-13,16,19,22H2,1-5H3. The number of carbonyl (C=O) groups excluding carboxylic acids is 3. The van der Waals surface area contributed by atoms with Crippen LogP contribution in [0.1, 0.15) is 101 Å². The number of benzene rings is 1. The summed E-state index contributed by atoms with van der Waals surface area (Å²) >= 11 is 0. The van der Waals surface area contributed by atoms with Gasteiger partial charge in [-0.15, -0.1) is 0 Å². The maximum Gasteiger partial charge on any atom is 0.306 e. The number of ketones is 2. The number of hydrogen-bond acceptors (Lipinski definition) is 5. The topological polar surface area (TPSA) is 74.6 Å². The summed E-state index contributed by atoms with van der Waals surface area (Å²) in [7, 11) is 0. The third-order valence-corrected chi connectivity index (χ3v) is 6.50. The maximum atomic E-state index is 12.9. The minimum Gasteiger partial charge on any atom is -0.483 e. The van der Waals surface area contributed by atoms with Gasteiger partial charge in [0.25, 0.3) is 0 Å². The van der Waals surface area contributed by atoms with Crippen LogP contribution in [0.3, 0.4) is 0 Å². The SMILES string of the molecule is CCCCCCCCc1ccc(OC(C)C(=O)Cn2cc(CCC(=O)OCC)c(C(=O)C(C)C)c2)cc1. The fraction of sp³-hybridized carbons (Fsp3) is 0.581. The summed E-state index contributed by atoms with van der Waals surface area (Å²) in [5, 5.41) is 0. The Morgan fingerprint density at radius 2 is 1.54 bits per heavy atom. The monoisotopic (exact) mass is 511 g/mol. The van der Waals surface area contributed by atoms with Crippen LogP contribution in [0, 0.1) is 5.92 Å². The number of hydrogen-bond donors (Lipinski definition) is 0. The fourth-order valence-electron chi connectivity index (χ4n) is 4.27. The Morgan fingerprint density at radius 3 is 2.19 bits per heavy atom. The van der Waals surface area contributed by atoms with E-state index in [9.17, 15) is 14.4 Å². The van der Waals surface area contributed by atoms with Crippen LogP contribution in [0.2, 0.25) is 0 Å². The van der Waals surface area contributed by atoms with E-state index in [-0.39, 0.29) is 36.4 Å². The Balaban J connectivity index is 1.93. The molecule has 1 heterocycles. The van der Waals surface area contributed by atoms with Crippen molar-refractivity contribution in [3.05, 3.63) is 53.3 Å². The predicted octanol–water partition coefficient (Wildman–Crippen LogP) is 6.76. The lowest BCUT2D eigenvalue weighted by Crippen LogP contribution is -2.27. The molecule has 0 N–H and O–H groups in total. The third kappa shape index (κ3) is 10.6. The van der Waals surface area contributed by atoms with Crippen molar-refractivity contribution in [3.63, 3.8) is 0 Å². The van der Waals surface area contributed by atoms with E-state index in [2.05, 4.69) is 19.1 Å². The highest BCUT2D eigenvalue weighted by Crippen LogP contribution is 2.20. The zero-order valence-electron chi connectivity index (χ0n) is 23.4. The molecule has 0 saturated heterocycles. The summed E-state index contributed by atoms with van der Waals surface area (Å²) in [5.74, 6) is 0.0985. The number of aryl methyl sites for hydroxylation is 2. The van der Waals surface area contributed by atoms with E-state index >= 15 is 0 Å². The zero-order chi connectivity index (χ0) is 27.2. The van der Waals surface area contributed by atoms with Crippen molar-refractivity contribution in [1.29, 1.82) is 0 Å². The highest BCUT2D eigenvalue weighted by atomic mass is 16.5. The van der Waals surface area contributed by atoms with Gasteiger partial charge in [0.15, 0.2) is 17.7 Å². The Bertz CT molecular complexity index is 990. The molecule has 204 valence electrons. The normalized spacial score (nSPS) is 11.9. The summed E-state index contributed by atoms with van der Waals surface area (Å²) in [4.78, 5) is 37.4. The molecule has 1 unspecified atom stereocenters. The average molecular weight is 512 g/mol. The summed E-state index contributed by atoms with van der Waals surface area (Å²) in [6.45, 7) is 9.85. The molecule has 1 atom stereocenters. The lowest BCUT2D eigenvalue weighted by atomic mass is 9.98. The molecule has 37 heavy (non-hydrogen) atoms. The first-order valence-corrected chi connectivity index (χ1v) is 13.9. The first-order valence-electron chi connectivity index (χ1n) is 13.9. The van der Waals surface area contributed by atoms with E-state index in [1.807, 2.05) is 26.0 Å². The molecule has 0 bridgehead atoms. The fourth-order valence-corrected chi connectivity index (χ4v) is 4.27. The summed E-state index contributed by atoms with van der Waals surface area (Å²) in [6.07, 6.45) is 12.2. The van der Waals surface area contributed by atoms with Gasteiger partial charge in [0.1, 0.15) is 5.75 Å². The molecule has 0 fully saturated rings. The van der Waals surface area contributed by atoms with Crippen LogP contribution in [0.15, 0.2) is 36.7 Å². The molecule has 0 amide bonds. The maximum absolute atomic E-state index is 12.9. The number of Topliss-reactive ketones (excluding diaryl/α,β-unsaturated/α-hetero) is 2. The highest BCUT2D eigenvalue weighted by Gasteiger charge is 2.21. The van der Waals surface area contributed by atoms with Crippen molar-refractivity contribution >= 4 is 17.5 Å². The number of unbranched alkanes of at least 4 members (excludes halogenated alkanes) is 5. The van der Waals surface area contributed by atoms with Crippen molar-refractivity contribution in [2.75, 3.05) is 6.61 Å². The minimum absolute atomic E-state index is 0.00425. The second kappa shape index (κ2) is 16.1. The van der Waals surface area contributed by atoms with Crippen molar-refractivity contribution in [2.45, 2.75) is 105 Å². The molecule has 0 radical (unpaired) electrons. The Kier molecular flexibility index (Phi) is 13.2.